The molecule has 1 aromatic heterocycles. The zero-order valence-electron chi connectivity index (χ0n) is 13.3. The van der Waals surface area contributed by atoms with Crippen LogP contribution in [0.1, 0.15) is 5.56 Å². The molecule has 1 amide bonds. The molecule has 132 valence electrons. The molecule has 2 aromatic rings. The molecule has 1 aliphatic heterocycles. The Morgan fingerprint density at radius 3 is 2.64 bits per heavy atom. The minimum atomic E-state index is -0.377. The third kappa shape index (κ3) is 4.67. The second-order valence-corrected chi connectivity index (χ2v) is 6.63. The number of carbonyl (C=O) groups is 1. The lowest BCUT2D eigenvalue weighted by molar-refractivity contribution is -0.119. The van der Waals surface area contributed by atoms with Crippen LogP contribution in [-0.2, 0) is 11.3 Å². The lowest BCUT2D eigenvalue weighted by Crippen LogP contribution is -2.55. The molecule has 2 N–H and O–H groups in total. The zero-order chi connectivity index (χ0) is 17.8. The fraction of sp³-hybridized carbons (Fsp3) is 0.294. The van der Waals surface area contributed by atoms with Gasteiger partial charge in [-0.15, -0.1) is 0 Å². The average Bonchev–Trinajstić information content (AvgIpc) is 2.60. The molecule has 1 atom stereocenters. The molecule has 1 aromatic carbocycles. The van der Waals surface area contributed by atoms with E-state index in [2.05, 4.69) is 20.5 Å². The van der Waals surface area contributed by atoms with E-state index in [1.807, 2.05) is 0 Å². The largest absolute Gasteiger partial charge is 0.325 e. The molecule has 8 heteroatoms. The summed E-state index contributed by atoms with van der Waals surface area (Å²) in [5, 5.41) is 7.00. The Labute approximate surface area is 155 Å². The van der Waals surface area contributed by atoms with Crippen molar-refractivity contribution in [3.8, 4) is 0 Å². The van der Waals surface area contributed by atoms with Crippen molar-refractivity contribution in [1.29, 1.82) is 0 Å². The average molecular weight is 383 g/mol. The third-order valence-corrected chi connectivity index (χ3v) is 4.67. The smallest absolute Gasteiger partial charge is 0.242 e. The van der Waals surface area contributed by atoms with Gasteiger partial charge in [-0.25, -0.2) is 4.39 Å². The van der Waals surface area contributed by atoms with E-state index in [0.29, 0.717) is 35.4 Å². The zero-order valence-corrected chi connectivity index (χ0v) is 14.8. The van der Waals surface area contributed by atoms with Crippen molar-refractivity contribution in [3.63, 3.8) is 0 Å². The molecule has 1 aliphatic rings. The first-order valence-corrected chi connectivity index (χ1v) is 8.58. The Morgan fingerprint density at radius 1 is 1.28 bits per heavy atom. The molecule has 1 fully saturated rings. The van der Waals surface area contributed by atoms with Gasteiger partial charge >= 0.3 is 0 Å². The third-order valence-electron chi connectivity index (χ3n) is 4.02. The summed E-state index contributed by atoms with van der Waals surface area (Å²) in [7, 11) is 0. The van der Waals surface area contributed by atoms with Crippen LogP contribution < -0.4 is 10.6 Å². The molecule has 5 nitrogen and oxygen atoms in total. The first kappa shape index (κ1) is 18.1. The maximum atomic E-state index is 12.9. The van der Waals surface area contributed by atoms with Gasteiger partial charge in [0.1, 0.15) is 5.82 Å². The first-order valence-electron chi connectivity index (χ1n) is 7.83. The van der Waals surface area contributed by atoms with Gasteiger partial charge in [-0.3, -0.25) is 14.7 Å². The van der Waals surface area contributed by atoms with E-state index < -0.39 is 0 Å². The second-order valence-electron chi connectivity index (χ2n) is 5.82. The standard InChI is InChI=1S/C17H17Cl2FN4O/c18-14-7-21-8-15(19)13(14)9-24-6-5-22-16(10-24)17(25)23-12-3-1-11(20)2-4-12/h1-4,7-8,16,22H,5-6,9-10H2,(H,23,25). The van der Waals surface area contributed by atoms with Gasteiger partial charge in [0.05, 0.1) is 16.1 Å². The van der Waals surface area contributed by atoms with Crippen molar-refractivity contribution in [2.75, 3.05) is 25.0 Å². The minimum Gasteiger partial charge on any atom is -0.325 e. The van der Waals surface area contributed by atoms with E-state index in [0.717, 1.165) is 12.1 Å². The molecule has 0 bridgehead atoms. The van der Waals surface area contributed by atoms with Crippen molar-refractivity contribution >= 4 is 34.8 Å². The summed E-state index contributed by atoms with van der Waals surface area (Å²) in [6.45, 7) is 2.50. The van der Waals surface area contributed by atoms with Crippen LogP contribution in [0, 0.1) is 5.82 Å². The van der Waals surface area contributed by atoms with Gasteiger partial charge in [0.15, 0.2) is 0 Å². The van der Waals surface area contributed by atoms with Crippen LogP contribution in [0.2, 0.25) is 10.0 Å². The van der Waals surface area contributed by atoms with Crippen LogP contribution in [0.15, 0.2) is 36.7 Å². The highest BCUT2D eigenvalue weighted by Gasteiger charge is 2.26. The Morgan fingerprint density at radius 2 is 1.96 bits per heavy atom. The van der Waals surface area contributed by atoms with Gasteiger partial charge in [0, 0.05) is 49.8 Å². The van der Waals surface area contributed by atoms with Gasteiger partial charge in [0.2, 0.25) is 5.91 Å². The van der Waals surface area contributed by atoms with Crippen molar-refractivity contribution in [2.24, 2.45) is 0 Å². The molecule has 0 aliphatic carbocycles. The summed E-state index contributed by atoms with van der Waals surface area (Å²) in [6, 6.07) is 5.31. The second kappa shape index (κ2) is 8.10. The van der Waals surface area contributed by atoms with Crippen molar-refractivity contribution in [3.05, 3.63) is 58.1 Å². The Balaban J connectivity index is 1.62. The molecule has 0 radical (unpaired) electrons. The van der Waals surface area contributed by atoms with Gasteiger partial charge in [0.25, 0.3) is 0 Å². The predicted molar refractivity (Wildman–Crippen MR) is 96.4 cm³/mol. The summed E-state index contributed by atoms with van der Waals surface area (Å²) in [4.78, 5) is 18.5. The Kier molecular flexibility index (Phi) is 5.86. The van der Waals surface area contributed by atoms with E-state index >= 15 is 0 Å². The normalized spacial score (nSPS) is 18.1. The number of rotatable bonds is 4. The topological polar surface area (TPSA) is 57.3 Å². The molecule has 0 spiro atoms. The highest BCUT2D eigenvalue weighted by Crippen LogP contribution is 2.24. The van der Waals surface area contributed by atoms with Crippen LogP contribution in [-0.4, -0.2) is 41.5 Å². The molecule has 1 unspecified atom stereocenters. The van der Waals surface area contributed by atoms with Gasteiger partial charge < -0.3 is 10.6 Å². The van der Waals surface area contributed by atoms with Crippen LogP contribution in [0.4, 0.5) is 10.1 Å². The van der Waals surface area contributed by atoms with E-state index in [1.165, 1.54) is 24.3 Å². The minimum absolute atomic E-state index is 0.164. The first-order chi connectivity index (χ1) is 12.0. The number of nitrogens with one attached hydrogen (secondary N) is 2. The molecule has 3 rings (SSSR count). The van der Waals surface area contributed by atoms with Crippen molar-refractivity contribution < 1.29 is 9.18 Å². The summed E-state index contributed by atoms with van der Waals surface area (Å²) >= 11 is 12.3. The van der Waals surface area contributed by atoms with E-state index in [4.69, 9.17) is 23.2 Å². The van der Waals surface area contributed by atoms with E-state index in [9.17, 15) is 9.18 Å². The van der Waals surface area contributed by atoms with Crippen LogP contribution >= 0.6 is 23.2 Å². The maximum Gasteiger partial charge on any atom is 0.242 e. The SMILES string of the molecule is O=C(Nc1ccc(F)cc1)C1CN(Cc2c(Cl)cncc2Cl)CCN1. The number of hydrogen-bond donors (Lipinski definition) is 2. The fourth-order valence-electron chi connectivity index (χ4n) is 2.71. The molecular weight excluding hydrogens is 366 g/mol. The number of carbonyl (C=O) groups excluding carboxylic acids is 1. The Bertz CT molecular complexity index is 737. The number of amides is 1. The van der Waals surface area contributed by atoms with Crippen LogP contribution in [0.5, 0.6) is 0 Å². The molecule has 0 saturated carbocycles. The van der Waals surface area contributed by atoms with Crippen molar-refractivity contribution in [1.82, 2.24) is 15.2 Å². The fourth-order valence-corrected chi connectivity index (χ4v) is 3.19. The summed E-state index contributed by atoms with van der Waals surface area (Å²) in [6.07, 6.45) is 3.12. The predicted octanol–water partition coefficient (Wildman–Crippen LogP) is 2.94. The van der Waals surface area contributed by atoms with Gasteiger partial charge in [-0.2, -0.15) is 0 Å². The number of pyridine rings is 1. The number of piperazine rings is 1. The molecule has 1 saturated heterocycles. The highest BCUT2D eigenvalue weighted by molar-refractivity contribution is 6.35. The van der Waals surface area contributed by atoms with Gasteiger partial charge in [-0.1, -0.05) is 23.2 Å². The van der Waals surface area contributed by atoms with Crippen LogP contribution in [0.25, 0.3) is 0 Å². The highest BCUT2D eigenvalue weighted by atomic mass is 35.5. The quantitative estimate of drug-likeness (QED) is 0.853. The molecule has 25 heavy (non-hydrogen) atoms. The maximum absolute atomic E-state index is 12.9. The molecule has 2 heterocycles. The molecular formula is C17H17Cl2FN4O. The summed E-state index contributed by atoms with van der Waals surface area (Å²) < 4.78 is 12.9. The lowest BCUT2D eigenvalue weighted by Gasteiger charge is -2.33. The Hall–Kier alpha value is -1.73. The van der Waals surface area contributed by atoms with E-state index in [-0.39, 0.29) is 17.8 Å². The number of aromatic nitrogens is 1. The van der Waals surface area contributed by atoms with Crippen LogP contribution in [0.3, 0.4) is 0 Å². The number of hydrogen-bond acceptors (Lipinski definition) is 4. The van der Waals surface area contributed by atoms with Gasteiger partial charge in [-0.05, 0) is 24.3 Å². The monoisotopic (exact) mass is 382 g/mol. The summed E-state index contributed by atoms with van der Waals surface area (Å²) in [5.74, 6) is -0.505. The summed E-state index contributed by atoms with van der Waals surface area (Å²) in [5.41, 5.74) is 1.36. The van der Waals surface area contributed by atoms with E-state index in [1.54, 1.807) is 12.4 Å². The number of benzene rings is 1. The lowest BCUT2D eigenvalue weighted by atomic mass is 10.1. The van der Waals surface area contributed by atoms with Crippen molar-refractivity contribution in [2.45, 2.75) is 12.6 Å². The number of halogens is 3. The number of anilines is 1. The number of nitrogens with zero attached hydrogens (tertiary/aromatic N) is 2.